The van der Waals surface area contributed by atoms with Crippen LogP contribution < -0.4 is 0 Å². The summed E-state index contributed by atoms with van der Waals surface area (Å²) in [6, 6.07) is 9.92. The molecule has 0 N–H and O–H groups in total. The van der Waals surface area contributed by atoms with Crippen LogP contribution >= 0.6 is 12.4 Å². The molecule has 4 nitrogen and oxygen atoms in total. The summed E-state index contributed by atoms with van der Waals surface area (Å²) in [4.78, 5) is 17.3. The second kappa shape index (κ2) is 6.81. The van der Waals surface area contributed by atoms with Gasteiger partial charge in [0.2, 0.25) is 0 Å². The minimum atomic E-state index is -0.362. The molecule has 0 aliphatic heterocycles. The number of para-hydroxylation sites is 1. The fraction of sp³-hybridized carbons (Fsp3) is 0.143. The average Bonchev–Trinajstić information content (AvgIpc) is 3.01. The highest BCUT2D eigenvalue weighted by atomic mass is 35.5. The van der Waals surface area contributed by atoms with Crippen LogP contribution in [0.1, 0.15) is 15.9 Å². The standard InChI is InChI=1S/C21H18N2O2.ClH/c1-4-10-23-11-9-14-16(12-23)13(2)18-15-7-5-6-8-17(15)22-20(18)19(14)21(24)25-3;/h4-9,11-12H,1,10H2,2-3H3;1H. The number of ether oxygens (including phenoxy) is 1. The molecule has 0 aliphatic rings. The number of nitrogens with zero attached hydrogens (tertiary/aromatic N) is 2. The van der Waals surface area contributed by atoms with Crippen LogP contribution in [0.4, 0.5) is 0 Å². The molecule has 4 rings (SSSR count). The van der Waals surface area contributed by atoms with Crippen LogP contribution in [0.3, 0.4) is 0 Å². The molecule has 2 aromatic heterocycles. The third kappa shape index (κ3) is 2.54. The number of benzene rings is 2. The lowest BCUT2D eigenvalue weighted by molar-refractivity contribution is 0.0605. The molecule has 0 fully saturated rings. The Morgan fingerprint density at radius 1 is 1.23 bits per heavy atom. The van der Waals surface area contributed by atoms with Crippen LogP contribution in [-0.2, 0) is 11.3 Å². The summed E-state index contributed by atoms with van der Waals surface area (Å²) in [5, 5.41) is 3.96. The molecule has 0 atom stereocenters. The number of aromatic nitrogens is 2. The summed E-state index contributed by atoms with van der Waals surface area (Å²) >= 11 is 0. The van der Waals surface area contributed by atoms with Gasteiger partial charge >= 0.3 is 5.97 Å². The predicted molar refractivity (Wildman–Crippen MR) is 108 cm³/mol. The van der Waals surface area contributed by atoms with Crippen molar-refractivity contribution in [3.8, 4) is 0 Å². The van der Waals surface area contributed by atoms with Crippen LogP contribution in [0.2, 0.25) is 0 Å². The van der Waals surface area contributed by atoms with Gasteiger partial charge in [0, 0.05) is 40.5 Å². The molecule has 0 saturated heterocycles. The van der Waals surface area contributed by atoms with Crippen molar-refractivity contribution in [3.63, 3.8) is 0 Å². The molecular formula is C21H19ClN2O2. The number of esters is 1. The molecule has 0 aliphatic carbocycles. The number of rotatable bonds is 3. The summed E-state index contributed by atoms with van der Waals surface area (Å²) in [6.45, 7) is 6.59. The van der Waals surface area contributed by atoms with Gasteiger partial charge in [0.1, 0.15) is 0 Å². The summed E-state index contributed by atoms with van der Waals surface area (Å²) in [6.07, 6.45) is 5.85. The Balaban J connectivity index is 0.00000196. The summed E-state index contributed by atoms with van der Waals surface area (Å²) < 4.78 is 7.11. The Kier molecular flexibility index (Phi) is 4.70. The van der Waals surface area contributed by atoms with Crippen molar-refractivity contribution >= 4 is 51.0 Å². The van der Waals surface area contributed by atoms with Crippen molar-refractivity contribution in [2.45, 2.75) is 13.5 Å². The molecule has 0 saturated carbocycles. The topological polar surface area (TPSA) is 44.1 Å². The molecule has 0 amide bonds. The maximum atomic E-state index is 12.6. The van der Waals surface area contributed by atoms with Gasteiger partial charge in [0.05, 0.1) is 23.7 Å². The number of allylic oxidation sites excluding steroid dienone is 1. The minimum absolute atomic E-state index is 0. The average molecular weight is 367 g/mol. The molecule has 0 bridgehead atoms. The molecule has 26 heavy (non-hydrogen) atoms. The van der Waals surface area contributed by atoms with Gasteiger partial charge in [-0.1, -0.05) is 24.3 Å². The molecule has 4 aromatic rings. The molecule has 132 valence electrons. The van der Waals surface area contributed by atoms with Gasteiger partial charge in [-0.2, -0.15) is 0 Å². The van der Waals surface area contributed by atoms with Crippen LogP contribution in [0.25, 0.3) is 32.6 Å². The van der Waals surface area contributed by atoms with Crippen molar-refractivity contribution in [3.05, 3.63) is 66.5 Å². The number of hydrogen-bond acceptors (Lipinski definition) is 3. The second-order valence-corrected chi connectivity index (χ2v) is 6.10. The number of halogens is 1. The third-order valence-corrected chi connectivity index (χ3v) is 4.67. The van der Waals surface area contributed by atoms with Crippen LogP contribution in [0.15, 0.2) is 55.4 Å². The smallest absolute Gasteiger partial charge is 0.340 e. The van der Waals surface area contributed by atoms with E-state index in [1.807, 2.05) is 47.2 Å². The van der Waals surface area contributed by atoms with Gasteiger partial charge < -0.3 is 9.30 Å². The Hall–Kier alpha value is -2.85. The first-order valence-electron chi connectivity index (χ1n) is 8.15. The maximum absolute atomic E-state index is 12.6. The van der Waals surface area contributed by atoms with Crippen molar-refractivity contribution < 1.29 is 9.53 Å². The first kappa shape index (κ1) is 18.0. The zero-order chi connectivity index (χ0) is 17.6. The predicted octanol–water partition coefficient (Wildman–Crippen LogP) is 5.05. The molecular weight excluding hydrogens is 348 g/mol. The number of carbonyl (C=O) groups excluding carboxylic acids is 1. The van der Waals surface area contributed by atoms with Gasteiger partial charge in [-0.3, -0.25) is 0 Å². The highest BCUT2D eigenvalue weighted by Gasteiger charge is 2.22. The van der Waals surface area contributed by atoms with E-state index in [1.54, 1.807) is 0 Å². The number of aryl methyl sites for hydroxylation is 1. The van der Waals surface area contributed by atoms with Crippen LogP contribution in [0, 0.1) is 6.92 Å². The highest BCUT2D eigenvalue weighted by Crippen LogP contribution is 2.37. The SMILES string of the molecule is C=CCn1ccc2c(C(=O)OC)c3nc4ccccc4c3c(C)c2c1.Cl. The zero-order valence-electron chi connectivity index (χ0n) is 14.7. The number of pyridine rings is 1. The van der Waals surface area contributed by atoms with Crippen LogP contribution in [-0.4, -0.2) is 22.6 Å². The Labute approximate surface area is 157 Å². The van der Waals surface area contributed by atoms with E-state index in [2.05, 4.69) is 19.7 Å². The molecule has 0 spiro atoms. The zero-order valence-corrected chi connectivity index (χ0v) is 15.5. The normalized spacial score (nSPS) is 10.8. The van der Waals surface area contributed by atoms with E-state index in [0.717, 1.165) is 32.6 Å². The summed E-state index contributed by atoms with van der Waals surface area (Å²) in [5.41, 5.74) is 3.24. The Morgan fingerprint density at radius 3 is 2.73 bits per heavy atom. The number of hydrogen-bond donors (Lipinski definition) is 0. The summed E-state index contributed by atoms with van der Waals surface area (Å²) in [7, 11) is 1.41. The van der Waals surface area contributed by atoms with E-state index in [4.69, 9.17) is 9.72 Å². The third-order valence-electron chi connectivity index (χ3n) is 4.67. The monoisotopic (exact) mass is 366 g/mol. The number of carbonyl (C=O) groups is 1. The summed E-state index contributed by atoms with van der Waals surface area (Å²) in [5.74, 6) is -0.362. The molecule has 2 aromatic carbocycles. The van der Waals surface area contributed by atoms with Crippen LogP contribution in [0.5, 0.6) is 0 Å². The second-order valence-electron chi connectivity index (χ2n) is 6.10. The maximum Gasteiger partial charge on any atom is 0.340 e. The molecule has 0 unspecified atom stereocenters. The number of methoxy groups -OCH3 is 1. The van der Waals surface area contributed by atoms with Gasteiger partial charge in [0.25, 0.3) is 0 Å². The lowest BCUT2D eigenvalue weighted by Crippen LogP contribution is -2.06. The van der Waals surface area contributed by atoms with E-state index in [0.29, 0.717) is 17.6 Å². The molecule has 2 heterocycles. The molecule has 5 heteroatoms. The number of fused-ring (bicyclic) bond motifs is 4. The minimum Gasteiger partial charge on any atom is -0.465 e. The Morgan fingerprint density at radius 2 is 2.00 bits per heavy atom. The fourth-order valence-corrected chi connectivity index (χ4v) is 3.54. The Bertz CT molecular complexity index is 1160. The van der Waals surface area contributed by atoms with E-state index in [9.17, 15) is 4.79 Å². The van der Waals surface area contributed by atoms with Gasteiger partial charge in [-0.25, -0.2) is 9.78 Å². The van der Waals surface area contributed by atoms with E-state index >= 15 is 0 Å². The van der Waals surface area contributed by atoms with E-state index in [-0.39, 0.29) is 18.4 Å². The van der Waals surface area contributed by atoms with E-state index in [1.165, 1.54) is 7.11 Å². The van der Waals surface area contributed by atoms with Gasteiger partial charge in [-0.15, -0.1) is 19.0 Å². The van der Waals surface area contributed by atoms with Gasteiger partial charge in [-0.05, 0) is 24.6 Å². The first-order chi connectivity index (χ1) is 12.2. The van der Waals surface area contributed by atoms with Crippen molar-refractivity contribution in [2.75, 3.05) is 7.11 Å². The largest absolute Gasteiger partial charge is 0.465 e. The highest BCUT2D eigenvalue weighted by molar-refractivity contribution is 6.23. The fourth-order valence-electron chi connectivity index (χ4n) is 3.54. The van der Waals surface area contributed by atoms with Crippen molar-refractivity contribution in [1.29, 1.82) is 0 Å². The van der Waals surface area contributed by atoms with E-state index < -0.39 is 0 Å². The van der Waals surface area contributed by atoms with Crippen molar-refractivity contribution in [1.82, 2.24) is 9.55 Å². The first-order valence-corrected chi connectivity index (χ1v) is 8.15. The van der Waals surface area contributed by atoms with Gasteiger partial charge in [0.15, 0.2) is 0 Å². The van der Waals surface area contributed by atoms with Crippen molar-refractivity contribution in [2.24, 2.45) is 0 Å². The lowest BCUT2D eigenvalue weighted by Gasteiger charge is -2.13. The lowest BCUT2D eigenvalue weighted by atomic mass is 9.96. The quantitative estimate of drug-likeness (QED) is 0.376. The molecule has 0 radical (unpaired) electrons.